The summed E-state index contributed by atoms with van der Waals surface area (Å²) in [4.78, 5) is 14.6. The van der Waals surface area contributed by atoms with Gasteiger partial charge in [-0.3, -0.25) is 9.69 Å². The van der Waals surface area contributed by atoms with E-state index in [1.54, 1.807) is 20.3 Å². The van der Waals surface area contributed by atoms with Crippen molar-refractivity contribution in [3.63, 3.8) is 0 Å². The Morgan fingerprint density at radius 1 is 1.20 bits per heavy atom. The lowest BCUT2D eigenvalue weighted by Crippen LogP contribution is -2.58. The molecule has 1 N–H and O–H groups in total. The largest absolute Gasteiger partial charge is 0.493 e. The molecule has 6 nitrogen and oxygen atoms in total. The minimum Gasteiger partial charge on any atom is -0.493 e. The number of ketones is 1. The van der Waals surface area contributed by atoms with Crippen molar-refractivity contribution < 1.29 is 24.1 Å². The summed E-state index contributed by atoms with van der Waals surface area (Å²) >= 11 is 0. The van der Waals surface area contributed by atoms with Crippen molar-refractivity contribution in [3.05, 3.63) is 47.1 Å². The maximum absolute atomic E-state index is 12.8. The van der Waals surface area contributed by atoms with E-state index >= 15 is 0 Å². The van der Waals surface area contributed by atoms with E-state index in [1.165, 1.54) is 7.11 Å². The van der Waals surface area contributed by atoms with Crippen LogP contribution < -0.4 is 9.47 Å². The number of ether oxygens (including phenoxy) is 3. The van der Waals surface area contributed by atoms with Crippen molar-refractivity contribution in [3.8, 4) is 11.5 Å². The molecule has 132 valence electrons. The molecular formula is C19H21NO5. The molecule has 0 fully saturated rings. The van der Waals surface area contributed by atoms with Gasteiger partial charge in [0.2, 0.25) is 5.78 Å². The highest BCUT2D eigenvalue weighted by molar-refractivity contribution is 6.03. The lowest BCUT2D eigenvalue weighted by molar-refractivity contribution is -0.0487. The number of hydrogen-bond acceptors (Lipinski definition) is 6. The molecule has 0 radical (unpaired) electrons. The van der Waals surface area contributed by atoms with Gasteiger partial charge in [-0.15, -0.1) is 0 Å². The van der Waals surface area contributed by atoms with Gasteiger partial charge in [-0.1, -0.05) is 18.2 Å². The molecule has 1 aromatic rings. The Balaban J connectivity index is 1.99. The van der Waals surface area contributed by atoms with Gasteiger partial charge in [0.15, 0.2) is 17.7 Å². The Hall–Kier alpha value is -2.15. The first-order valence-electron chi connectivity index (χ1n) is 8.24. The second-order valence-electron chi connectivity index (χ2n) is 6.50. The summed E-state index contributed by atoms with van der Waals surface area (Å²) in [6.45, 7) is 0.511. The Labute approximate surface area is 146 Å². The zero-order valence-electron chi connectivity index (χ0n) is 14.5. The number of methoxy groups -OCH3 is 3. The van der Waals surface area contributed by atoms with Crippen LogP contribution in [0.15, 0.2) is 35.9 Å². The number of aliphatic hydroxyl groups excluding tert-OH is 1. The van der Waals surface area contributed by atoms with Crippen LogP contribution in [0, 0.1) is 0 Å². The van der Waals surface area contributed by atoms with Crippen molar-refractivity contribution in [2.45, 2.75) is 24.3 Å². The van der Waals surface area contributed by atoms with E-state index in [1.807, 2.05) is 23.1 Å². The zero-order chi connectivity index (χ0) is 17.8. The van der Waals surface area contributed by atoms with Crippen molar-refractivity contribution in [2.75, 3.05) is 27.9 Å². The number of nitrogens with zero attached hydrogens (tertiary/aromatic N) is 1. The third-order valence-electron chi connectivity index (χ3n) is 5.53. The van der Waals surface area contributed by atoms with E-state index in [-0.39, 0.29) is 11.9 Å². The van der Waals surface area contributed by atoms with Crippen molar-refractivity contribution in [2.24, 2.45) is 0 Å². The predicted octanol–water partition coefficient (Wildman–Crippen LogP) is 1.63. The van der Waals surface area contributed by atoms with Crippen LogP contribution in [-0.4, -0.2) is 56.0 Å². The molecule has 0 amide bonds. The molecule has 0 unspecified atom stereocenters. The Bertz CT molecular complexity index is 799. The number of Topliss-reactive ketones (excluding diaryl/α,β-unsaturated/α-hetero) is 1. The molecule has 4 rings (SSSR count). The van der Waals surface area contributed by atoms with Gasteiger partial charge in [-0.05, 0) is 23.3 Å². The molecule has 3 atom stereocenters. The average molecular weight is 343 g/mol. The summed E-state index contributed by atoms with van der Waals surface area (Å²) in [6, 6.07) is 3.53. The van der Waals surface area contributed by atoms with E-state index in [0.717, 1.165) is 11.1 Å². The molecule has 1 aromatic carbocycles. The third kappa shape index (κ3) is 2.05. The molecule has 1 spiro atoms. The van der Waals surface area contributed by atoms with Gasteiger partial charge in [0.1, 0.15) is 0 Å². The van der Waals surface area contributed by atoms with Crippen molar-refractivity contribution in [1.82, 2.24) is 4.90 Å². The molecule has 1 aliphatic carbocycles. The lowest BCUT2D eigenvalue weighted by Gasteiger charge is -2.49. The lowest BCUT2D eigenvalue weighted by atomic mass is 9.70. The summed E-state index contributed by atoms with van der Waals surface area (Å²) in [7, 11) is 4.77. The second-order valence-corrected chi connectivity index (χ2v) is 6.50. The molecule has 2 heterocycles. The highest BCUT2D eigenvalue weighted by Crippen LogP contribution is 2.53. The SMILES string of the molecule is COc1cc2c(cc1OC)[C@]13C[C@@H](OC)C=CC1=CCN3[C@H](O)C2=O. The standard InChI is InChI=1S/C19H21NO5/c1-23-12-5-4-11-6-7-20-18(22)17(21)13-8-15(24-2)16(25-3)9-14(13)19(11,20)10-12/h4-6,8-9,12,18,22H,7,10H2,1-3H3/t12-,18+,19-/m0/s1. The van der Waals surface area contributed by atoms with Gasteiger partial charge >= 0.3 is 0 Å². The van der Waals surface area contributed by atoms with E-state index in [2.05, 4.69) is 6.08 Å². The molecule has 6 heteroatoms. The van der Waals surface area contributed by atoms with Crippen LogP contribution in [0.2, 0.25) is 0 Å². The van der Waals surface area contributed by atoms with Gasteiger partial charge in [-0.25, -0.2) is 0 Å². The summed E-state index contributed by atoms with van der Waals surface area (Å²) in [6.07, 6.45) is 5.44. The minimum absolute atomic E-state index is 0.0981. The van der Waals surface area contributed by atoms with Crippen LogP contribution in [0.4, 0.5) is 0 Å². The fraction of sp³-hybridized carbons (Fsp3) is 0.421. The molecular weight excluding hydrogens is 322 g/mol. The van der Waals surface area contributed by atoms with E-state index < -0.39 is 11.8 Å². The zero-order valence-corrected chi connectivity index (χ0v) is 14.5. The molecule has 0 bridgehead atoms. The maximum atomic E-state index is 12.8. The number of carbonyl (C=O) groups is 1. The van der Waals surface area contributed by atoms with Crippen LogP contribution >= 0.6 is 0 Å². The van der Waals surface area contributed by atoms with Gasteiger partial charge in [0, 0.05) is 25.6 Å². The first-order valence-corrected chi connectivity index (χ1v) is 8.24. The number of benzene rings is 1. The highest BCUT2D eigenvalue weighted by atomic mass is 16.5. The molecule has 0 saturated heterocycles. The van der Waals surface area contributed by atoms with Crippen LogP contribution in [-0.2, 0) is 10.3 Å². The number of fused-ring (bicyclic) bond motifs is 1. The van der Waals surface area contributed by atoms with Crippen LogP contribution in [0.25, 0.3) is 0 Å². The summed E-state index contributed by atoms with van der Waals surface area (Å²) in [5.41, 5.74) is 1.77. The van der Waals surface area contributed by atoms with Gasteiger partial charge in [0.05, 0.1) is 25.9 Å². The first kappa shape index (κ1) is 16.3. The van der Waals surface area contributed by atoms with Gasteiger partial charge in [-0.2, -0.15) is 0 Å². The van der Waals surface area contributed by atoms with Crippen molar-refractivity contribution >= 4 is 5.78 Å². The molecule has 2 aliphatic heterocycles. The van der Waals surface area contributed by atoms with Gasteiger partial charge in [0.25, 0.3) is 0 Å². The molecule has 3 aliphatic rings. The quantitative estimate of drug-likeness (QED) is 0.900. The number of rotatable bonds is 3. The highest BCUT2D eigenvalue weighted by Gasteiger charge is 2.55. The van der Waals surface area contributed by atoms with Crippen LogP contribution in [0.1, 0.15) is 22.3 Å². The number of carbonyl (C=O) groups excluding carboxylic acids is 1. The third-order valence-corrected chi connectivity index (χ3v) is 5.53. The fourth-order valence-corrected chi connectivity index (χ4v) is 4.29. The van der Waals surface area contributed by atoms with E-state index in [9.17, 15) is 9.90 Å². The second kappa shape index (κ2) is 5.69. The Kier molecular flexibility index (Phi) is 3.72. The fourth-order valence-electron chi connectivity index (χ4n) is 4.29. The molecule has 0 aromatic heterocycles. The van der Waals surface area contributed by atoms with Crippen molar-refractivity contribution in [1.29, 1.82) is 0 Å². The molecule has 0 saturated carbocycles. The van der Waals surface area contributed by atoms with E-state index in [4.69, 9.17) is 14.2 Å². The number of hydrogen-bond donors (Lipinski definition) is 1. The smallest absolute Gasteiger partial charge is 0.206 e. The minimum atomic E-state index is -1.19. The van der Waals surface area contributed by atoms with Crippen LogP contribution in [0.3, 0.4) is 0 Å². The van der Waals surface area contributed by atoms with Crippen LogP contribution in [0.5, 0.6) is 11.5 Å². The summed E-state index contributed by atoms with van der Waals surface area (Å²) in [5.74, 6) is 0.721. The Morgan fingerprint density at radius 3 is 2.60 bits per heavy atom. The van der Waals surface area contributed by atoms with E-state index in [0.29, 0.717) is 30.0 Å². The summed E-state index contributed by atoms with van der Waals surface area (Å²) in [5, 5.41) is 10.7. The Morgan fingerprint density at radius 2 is 1.92 bits per heavy atom. The first-order chi connectivity index (χ1) is 12.1. The summed E-state index contributed by atoms with van der Waals surface area (Å²) < 4.78 is 16.4. The topological polar surface area (TPSA) is 68.2 Å². The normalized spacial score (nSPS) is 30.4. The monoisotopic (exact) mass is 343 g/mol. The average Bonchev–Trinajstić information content (AvgIpc) is 3.04. The van der Waals surface area contributed by atoms with Gasteiger partial charge < -0.3 is 19.3 Å². The maximum Gasteiger partial charge on any atom is 0.206 e. The predicted molar refractivity (Wildman–Crippen MR) is 90.9 cm³/mol. The number of aliphatic hydroxyl groups is 1. The molecule has 25 heavy (non-hydrogen) atoms.